The van der Waals surface area contributed by atoms with Crippen molar-refractivity contribution in [2.45, 2.75) is 11.7 Å². The summed E-state index contributed by atoms with van der Waals surface area (Å²) in [6, 6.07) is 15.9. The van der Waals surface area contributed by atoms with Crippen LogP contribution in [0.3, 0.4) is 0 Å². The zero-order chi connectivity index (χ0) is 19.4. The van der Waals surface area contributed by atoms with Gasteiger partial charge in [0.15, 0.2) is 5.11 Å². The molecule has 138 valence electrons. The average molecular weight is 464 g/mol. The van der Waals surface area contributed by atoms with Gasteiger partial charge in [-0.25, -0.2) is 4.90 Å². The number of nitrogens with zero attached hydrogens (tertiary/aromatic N) is 1. The van der Waals surface area contributed by atoms with Crippen LogP contribution in [-0.4, -0.2) is 27.4 Å². The standard InChI is InChI=1S/C18H14BrN3O3S2/c19-11-6-8-12(9-7-11)20-17(26)21-15(23)10-14-16(24)22(18(25)27-14)13-4-2-1-3-5-13/h1-9,14H,10H2,(H2,20,21,23,26)/t14-/m1/s1. The number of rotatable bonds is 4. The molecule has 1 saturated heterocycles. The summed E-state index contributed by atoms with van der Waals surface area (Å²) in [7, 11) is 0. The van der Waals surface area contributed by atoms with Gasteiger partial charge in [0.2, 0.25) is 11.8 Å². The normalized spacial score (nSPS) is 16.3. The number of anilines is 2. The third-order valence-corrected chi connectivity index (χ3v) is 5.43. The second-order valence-corrected chi connectivity index (χ2v) is 8.07. The summed E-state index contributed by atoms with van der Waals surface area (Å²) < 4.78 is 0.924. The van der Waals surface area contributed by atoms with Crippen LogP contribution in [0.5, 0.6) is 0 Å². The molecule has 0 spiro atoms. The van der Waals surface area contributed by atoms with Gasteiger partial charge < -0.3 is 10.6 Å². The van der Waals surface area contributed by atoms with E-state index in [1.54, 1.807) is 42.5 Å². The van der Waals surface area contributed by atoms with Crippen LogP contribution in [0.4, 0.5) is 16.2 Å². The quantitative estimate of drug-likeness (QED) is 0.668. The van der Waals surface area contributed by atoms with Crippen molar-refractivity contribution in [1.82, 2.24) is 5.32 Å². The van der Waals surface area contributed by atoms with E-state index in [-0.39, 0.29) is 16.8 Å². The fraction of sp³-hybridized carbons (Fsp3) is 0.111. The minimum absolute atomic E-state index is 0.129. The zero-order valence-corrected chi connectivity index (χ0v) is 17.1. The van der Waals surface area contributed by atoms with Gasteiger partial charge in [-0.1, -0.05) is 34.1 Å². The third-order valence-electron chi connectivity index (χ3n) is 3.66. The van der Waals surface area contributed by atoms with Crippen molar-refractivity contribution in [2.24, 2.45) is 0 Å². The minimum atomic E-state index is -0.770. The molecule has 9 heteroatoms. The molecule has 0 radical (unpaired) electrons. The van der Waals surface area contributed by atoms with Gasteiger partial charge in [0, 0.05) is 16.6 Å². The lowest BCUT2D eigenvalue weighted by molar-refractivity contribution is -0.123. The number of carbonyl (C=O) groups excluding carboxylic acids is 3. The highest BCUT2D eigenvalue weighted by atomic mass is 79.9. The predicted octanol–water partition coefficient (Wildman–Crippen LogP) is 3.92. The Labute approximate surface area is 173 Å². The van der Waals surface area contributed by atoms with Crippen LogP contribution in [0.25, 0.3) is 0 Å². The lowest BCUT2D eigenvalue weighted by Gasteiger charge is -2.14. The number of amides is 3. The first-order valence-corrected chi connectivity index (χ1v) is 9.98. The van der Waals surface area contributed by atoms with E-state index in [9.17, 15) is 14.4 Å². The van der Waals surface area contributed by atoms with Crippen molar-refractivity contribution < 1.29 is 14.4 Å². The minimum Gasteiger partial charge on any atom is -0.332 e. The van der Waals surface area contributed by atoms with Crippen molar-refractivity contribution in [3.63, 3.8) is 0 Å². The number of halogens is 1. The Hall–Kier alpha value is -2.23. The lowest BCUT2D eigenvalue weighted by atomic mass is 10.2. The Bertz CT molecular complexity index is 890. The Kier molecular flexibility index (Phi) is 6.25. The summed E-state index contributed by atoms with van der Waals surface area (Å²) >= 11 is 9.30. The Morgan fingerprint density at radius 2 is 1.78 bits per heavy atom. The molecule has 3 amide bonds. The summed E-state index contributed by atoms with van der Waals surface area (Å²) in [5.41, 5.74) is 1.22. The van der Waals surface area contributed by atoms with Gasteiger partial charge in [-0.2, -0.15) is 0 Å². The molecule has 6 nitrogen and oxygen atoms in total. The topological polar surface area (TPSA) is 78.5 Å². The number of nitrogens with one attached hydrogen (secondary N) is 2. The molecule has 3 rings (SSSR count). The van der Waals surface area contributed by atoms with E-state index < -0.39 is 17.1 Å². The maximum atomic E-state index is 12.5. The van der Waals surface area contributed by atoms with Crippen molar-refractivity contribution in [1.29, 1.82) is 0 Å². The Morgan fingerprint density at radius 1 is 1.11 bits per heavy atom. The van der Waals surface area contributed by atoms with Crippen LogP contribution in [0.15, 0.2) is 59.1 Å². The Morgan fingerprint density at radius 3 is 2.44 bits per heavy atom. The van der Waals surface area contributed by atoms with Gasteiger partial charge in [-0.3, -0.25) is 14.4 Å². The van der Waals surface area contributed by atoms with Gasteiger partial charge >= 0.3 is 0 Å². The summed E-state index contributed by atoms with van der Waals surface area (Å²) in [5, 5.41) is 4.39. The van der Waals surface area contributed by atoms with E-state index in [1.807, 2.05) is 12.1 Å². The molecule has 2 aromatic rings. The highest BCUT2D eigenvalue weighted by molar-refractivity contribution is 9.10. The van der Waals surface area contributed by atoms with E-state index in [0.29, 0.717) is 5.69 Å². The molecule has 1 aliphatic rings. The number of hydrogen-bond donors (Lipinski definition) is 2. The molecule has 0 saturated carbocycles. The number of hydrogen-bond acceptors (Lipinski definition) is 5. The van der Waals surface area contributed by atoms with Gasteiger partial charge in [0.05, 0.1) is 5.69 Å². The van der Waals surface area contributed by atoms with Crippen LogP contribution in [-0.2, 0) is 9.59 Å². The number of benzene rings is 2. The smallest absolute Gasteiger partial charge is 0.293 e. The Balaban J connectivity index is 1.56. The van der Waals surface area contributed by atoms with Gasteiger partial charge in [-0.15, -0.1) is 0 Å². The van der Waals surface area contributed by atoms with Gasteiger partial charge in [-0.05, 0) is 60.4 Å². The van der Waals surface area contributed by atoms with E-state index in [1.165, 1.54) is 0 Å². The molecule has 0 aromatic heterocycles. The molecule has 0 bridgehead atoms. The highest BCUT2D eigenvalue weighted by Crippen LogP contribution is 2.33. The van der Waals surface area contributed by atoms with Crippen LogP contribution in [0, 0.1) is 0 Å². The first-order valence-electron chi connectivity index (χ1n) is 7.90. The molecular weight excluding hydrogens is 450 g/mol. The maximum Gasteiger partial charge on any atom is 0.293 e. The van der Waals surface area contributed by atoms with Gasteiger partial charge in [0.1, 0.15) is 5.25 Å². The molecule has 0 aliphatic carbocycles. The van der Waals surface area contributed by atoms with Crippen molar-refractivity contribution in [2.75, 3.05) is 10.2 Å². The summed E-state index contributed by atoms with van der Waals surface area (Å²) in [6.45, 7) is 0. The number of thioether (sulfide) groups is 1. The fourth-order valence-corrected chi connectivity index (χ4v) is 3.92. The molecule has 1 heterocycles. The number of thiocarbonyl (C=S) groups is 1. The lowest BCUT2D eigenvalue weighted by Crippen LogP contribution is -2.38. The molecule has 1 atom stereocenters. The summed E-state index contributed by atoms with van der Waals surface area (Å²) in [5.74, 6) is -0.837. The van der Waals surface area contributed by atoms with E-state index >= 15 is 0 Å². The molecule has 1 fully saturated rings. The molecule has 0 unspecified atom stereocenters. The SMILES string of the molecule is O=C(C[C@H]1SC(=O)N(c2ccccc2)C1=O)NC(=S)Nc1ccc(Br)cc1. The van der Waals surface area contributed by atoms with Gasteiger partial charge in [0.25, 0.3) is 5.24 Å². The van der Waals surface area contributed by atoms with Crippen molar-refractivity contribution >= 4 is 73.5 Å². The molecule has 2 N–H and O–H groups in total. The van der Waals surface area contributed by atoms with Crippen molar-refractivity contribution in [3.8, 4) is 0 Å². The first-order chi connectivity index (χ1) is 12.9. The largest absolute Gasteiger partial charge is 0.332 e. The maximum absolute atomic E-state index is 12.5. The van der Waals surface area contributed by atoms with Crippen molar-refractivity contribution in [3.05, 3.63) is 59.1 Å². The molecule has 1 aliphatic heterocycles. The summed E-state index contributed by atoms with van der Waals surface area (Å²) in [6.07, 6.45) is -0.138. The van der Waals surface area contributed by atoms with Crippen LogP contribution in [0.1, 0.15) is 6.42 Å². The zero-order valence-electron chi connectivity index (χ0n) is 13.8. The van der Waals surface area contributed by atoms with Crippen LogP contribution < -0.4 is 15.5 Å². The highest BCUT2D eigenvalue weighted by Gasteiger charge is 2.41. The predicted molar refractivity (Wildman–Crippen MR) is 114 cm³/mol. The second-order valence-electron chi connectivity index (χ2n) is 5.59. The molecular formula is C18H14BrN3O3S2. The number of para-hydroxylation sites is 1. The molecule has 27 heavy (non-hydrogen) atoms. The average Bonchev–Trinajstić information content (AvgIpc) is 2.91. The third kappa shape index (κ3) is 4.94. The summed E-state index contributed by atoms with van der Waals surface area (Å²) in [4.78, 5) is 38.0. The molecule has 2 aromatic carbocycles. The fourth-order valence-electron chi connectivity index (χ4n) is 2.44. The number of imide groups is 1. The second kappa shape index (κ2) is 8.64. The van der Waals surface area contributed by atoms with Crippen LogP contribution in [0.2, 0.25) is 0 Å². The monoisotopic (exact) mass is 463 g/mol. The van der Waals surface area contributed by atoms with E-state index in [0.717, 1.165) is 26.8 Å². The number of carbonyl (C=O) groups is 3. The van der Waals surface area contributed by atoms with E-state index in [2.05, 4.69) is 26.6 Å². The van der Waals surface area contributed by atoms with Crippen LogP contribution >= 0.6 is 39.9 Å². The van der Waals surface area contributed by atoms with E-state index in [4.69, 9.17) is 12.2 Å². The first kappa shape index (κ1) is 19.5.